The molecule has 0 N–H and O–H groups in total. The molecule has 0 bridgehead atoms. The zero-order chi connectivity index (χ0) is 17.4. The zero-order valence-electron chi connectivity index (χ0n) is 13.7. The van der Waals surface area contributed by atoms with Crippen LogP contribution in [0, 0.1) is 13.8 Å². The minimum Gasteiger partial charge on any atom is -0.339 e. The van der Waals surface area contributed by atoms with Gasteiger partial charge in [-0.15, -0.1) is 0 Å². The Kier molecular flexibility index (Phi) is 4.16. The molecule has 0 spiro atoms. The van der Waals surface area contributed by atoms with Gasteiger partial charge in [-0.25, -0.2) is 4.90 Å². The van der Waals surface area contributed by atoms with Gasteiger partial charge in [-0.3, -0.25) is 9.59 Å². The van der Waals surface area contributed by atoms with Gasteiger partial charge in [-0.05, 0) is 43.2 Å². The highest BCUT2D eigenvalue weighted by atomic mass is 35.5. The molecule has 0 atom stereocenters. The second kappa shape index (κ2) is 6.13. The van der Waals surface area contributed by atoms with E-state index in [1.165, 1.54) is 0 Å². The predicted octanol–water partition coefficient (Wildman–Crippen LogP) is 3.76. The lowest BCUT2D eigenvalue weighted by Gasteiger charge is -2.22. The van der Waals surface area contributed by atoms with E-state index in [1.807, 2.05) is 56.3 Å². The first-order valence-corrected chi connectivity index (χ1v) is 7.95. The molecule has 4 nitrogen and oxygen atoms in total. The van der Waals surface area contributed by atoms with Gasteiger partial charge in [-0.2, -0.15) is 0 Å². The molecule has 5 heteroatoms. The van der Waals surface area contributed by atoms with Gasteiger partial charge in [0.15, 0.2) is 0 Å². The molecule has 2 aromatic rings. The van der Waals surface area contributed by atoms with Crippen molar-refractivity contribution in [3.63, 3.8) is 0 Å². The van der Waals surface area contributed by atoms with Crippen molar-refractivity contribution in [1.29, 1.82) is 0 Å². The van der Waals surface area contributed by atoms with Crippen LogP contribution in [0.1, 0.15) is 11.1 Å². The molecule has 122 valence electrons. The summed E-state index contributed by atoms with van der Waals surface area (Å²) in [6, 6.07) is 14.9. The highest BCUT2D eigenvalue weighted by molar-refractivity contribution is 6.53. The van der Waals surface area contributed by atoms with Crippen molar-refractivity contribution in [1.82, 2.24) is 0 Å². The fourth-order valence-electron chi connectivity index (χ4n) is 2.76. The minimum atomic E-state index is -0.492. The average molecular weight is 341 g/mol. The number of nitrogens with zero attached hydrogens (tertiary/aromatic N) is 2. The monoisotopic (exact) mass is 340 g/mol. The van der Waals surface area contributed by atoms with Crippen LogP contribution >= 0.6 is 11.6 Å². The lowest BCUT2D eigenvalue weighted by Crippen LogP contribution is -2.34. The van der Waals surface area contributed by atoms with Gasteiger partial charge in [0.25, 0.3) is 11.8 Å². The summed E-state index contributed by atoms with van der Waals surface area (Å²) in [4.78, 5) is 28.3. The Labute approximate surface area is 145 Å². The summed E-state index contributed by atoms with van der Waals surface area (Å²) in [5.41, 5.74) is 3.43. The summed E-state index contributed by atoms with van der Waals surface area (Å²) >= 11 is 6.23. The molecule has 1 aliphatic heterocycles. The fourth-order valence-corrected chi connectivity index (χ4v) is 3.05. The number of halogens is 1. The van der Waals surface area contributed by atoms with Crippen LogP contribution < -0.4 is 9.80 Å². The topological polar surface area (TPSA) is 40.6 Å². The van der Waals surface area contributed by atoms with Gasteiger partial charge in [0.1, 0.15) is 10.7 Å². The molecule has 2 aromatic carbocycles. The Balaban J connectivity index is 2.04. The van der Waals surface area contributed by atoms with Crippen LogP contribution in [-0.2, 0) is 9.59 Å². The number of benzene rings is 2. The third kappa shape index (κ3) is 2.49. The van der Waals surface area contributed by atoms with E-state index in [1.54, 1.807) is 18.0 Å². The maximum absolute atomic E-state index is 12.9. The smallest absolute Gasteiger partial charge is 0.283 e. The van der Waals surface area contributed by atoms with Gasteiger partial charge in [0.05, 0.1) is 5.69 Å². The van der Waals surface area contributed by atoms with Crippen molar-refractivity contribution in [2.75, 3.05) is 16.8 Å². The number of imide groups is 1. The molecule has 0 fully saturated rings. The molecule has 0 radical (unpaired) electrons. The van der Waals surface area contributed by atoms with Gasteiger partial charge < -0.3 is 4.90 Å². The number of aryl methyl sites for hydroxylation is 1. The van der Waals surface area contributed by atoms with Crippen LogP contribution in [0.15, 0.2) is 59.3 Å². The van der Waals surface area contributed by atoms with E-state index in [0.717, 1.165) is 21.7 Å². The maximum Gasteiger partial charge on any atom is 0.283 e. The molecule has 0 aromatic heterocycles. The van der Waals surface area contributed by atoms with E-state index in [4.69, 9.17) is 11.6 Å². The van der Waals surface area contributed by atoms with Crippen molar-refractivity contribution < 1.29 is 9.59 Å². The number of para-hydroxylation sites is 1. The summed E-state index contributed by atoms with van der Waals surface area (Å²) in [7, 11) is 1.73. The van der Waals surface area contributed by atoms with Gasteiger partial charge >= 0.3 is 0 Å². The molecule has 1 aliphatic rings. The van der Waals surface area contributed by atoms with E-state index in [9.17, 15) is 9.59 Å². The molecule has 0 saturated carbocycles. The summed E-state index contributed by atoms with van der Waals surface area (Å²) in [6.45, 7) is 3.83. The molecular weight excluding hydrogens is 324 g/mol. The number of carbonyl (C=O) groups excluding carboxylic acids is 2. The Morgan fingerprint density at radius 1 is 0.917 bits per heavy atom. The third-order valence-electron chi connectivity index (χ3n) is 4.30. The van der Waals surface area contributed by atoms with Crippen molar-refractivity contribution >= 4 is 34.8 Å². The molecule has 2 amide bonds. The highest BCUT2D eigenvalue weighted by Gasteiger charge is 2.41. The second-order valence-corrected chi connectivity index (χ2v) is 6.10. The number of hydrogen-bond acceptors (Lipinski definition) is 3. The molecule has 3 rings (SSSR count). The predicted molar refractivity (Wildman–Crippen MR) is 96.1 cm³/mol. The number of anilines is 2. The lowest BCUT2D eigenvalue weighted by atomic mass is 10.1. The quantitative estimate of drug-likeness (QED) is 0.799. The van der Waals surface area contributed by atoms with Gasteiger partial charge in [0.2, 0.25) is 0 Å². The number of amides is 2. The van der Waals surface area contributed by atoms with E-state index in [-0.39, 0.29) is 10.7 Å². The van der Waals surface area contributed by atoms with Crippen LogP contribution in [0.4, 0.5) is 11.4 Å². The normalized spacial score (nSPS) is 14.6. The van der Waals surface area contributed by atoms with Crippen LogP contribution in [0.2, 0.25) is 0 Å². The second-order valence-electron chi connectivity index (χ2n) is 5.72. The fraction of sp³-hybridized carbons (Fsp3) is 0.158. The molecular formula is C19H17ClN2O2. The Hall–Kier alpha value is -2.59. The van der Waals surface area contributed by atoms with Crippen LogP contribution in [-0.4, -0.2) is 18.9 Å². The number of rotatable bonds is 3. The van der Waals surface area contributed by atoms with Crippen molar-refractivity contribution in [2.45, 2.75) is 13.8 Å². The Morgan fingerprint density at radius 2 is 1.58 bits per heavy atom. The highest BCUT2D eigenvalue weighted by Crippen LogP contribution is 2.34. The SMILES string of the molecule is Cc1cccc(N2C(=O)C(Cl)=C(N(C)c3ccccc3)C2=O)c1C. The molecule has 24 heavy (non-hydrogen) atoms. The summed E-state index contributed by atoms with van der Waals surface area (Å²) in [5.74, 6) is -0.904. The number of likely N-dealkylation sites (N-methyl/N-ethyl adjacent to an activating group) is 1. The van der Waals surface area contributed by atoms with E-state index in [2.05, 4.69) is 0 Å². The summed E-state index contributed by atoms with van der Waals surface area (Å²) < 4.78 is 0. The first kappa shape index (κ1) is 16.3. The van der Waals surface area contributed by atoms with Crippen LogP contribution in [0.5, 0.6) is 0 Å². The first-order chi connectivity index (χ1) is 11.4. The minimum absolute atomic E-state index is 0.0627. The van der Waals surface area contributed by atoms with Crippen molar-refractivity contribution in [3.05, 3.63) is 70.4 Å². The van der Waals surface area contributed by atoms with E-state index < -0.39 is 11.8 Å². The molecule has 0 saturated heterocycles. The standard InChI is InChI=1S/C19H17ClN2O2/c1-12-8-7-11-15(13(12)2)22-18(23)16(20)17(19(22)24)21(3)14-9-5-4-6-10-14/h4-11H,1-3H3. The largest absolute Gasteiger partial charge is 0.339 e. The van der Waals surface area contributed by atoms with Crippen LogP contribution in [0.25, 0.3) is 0 Å². The Morgan fingerprint density at radius 3 is 2.25 bits per heavy atom. The lowest BCUT2D eigenvalue weighted by molar-refractivity contribution is -0.120. The summed E-state index contributed by atoms with van der Waals surface area (Å²) in [6.07, 6.45) is 0. The van der Waals surface area contributed by atoms with Crippen molar-refractivity contribution in [2.24, 2.45) is 0 Å². The number of carbonyl (C=O) groups is 2. The average Bonchev–Trinajstić information content (AvgIpc) is 2.80. The first-order valence-electron chi connectivity index (χ1n) is 7.57. The number of hydrogen-bond donors (Lipinski definition) is 0. The van der Waals surface area contributed by atoms with Crippen molar-refractivity contribution in [3.8, 4) is 0 Å². The van der Waals surface area contributed by atoms with E-state index >= 15 is 0 Å². The Bertz CT molecular complexity index is 859. The molecule has 0 unspecified atom stereocenters. The van der Waals surface area contributed by atoms with Crippen LogP contribution in [0.3, 0.4) is 0 Å². The third-order valence-corrected chi connectivity index (χ3v) is 4.64. The van der Waals surface area contributed by atoms with Gasteiger partial charge in [0, 0.05) is 12.7 Å². The zero-order valence-corrected chi connectivity index (χ0v) is 14.5. The van der Waals surface area contributed by atoms with E-state index in [0.29, 0.717) is 5.69 Å². The molecule has 1 heterocycles. The molecule has 0 aliphatic carbocycles. The van der Waals surface area contributed by atoms with Gasteiger partial charge in [-0.1, -0.05) is 41.9 Å². The summed E-state index contributed by atoms with van der Waals surface area (Å²) in [5, 5.41) is -0.0627. The maximum atomic E-state index is 12.9.